The SMILES string of the molecule is COCCNCc1cccc(Br)c1OCCCF. The molecule has 0 fully saturated rings. The van der Waals surface area contributed by atoms with Crippen molar-refractivity contribution >= 4 is 15.9 Å². The molecule has 0 heterocycles. The predicted molar refractivity (Wildman–Crippen MR) is 73.8 cm³/mol. The third-order valence-electron chi connectivity index (χ3n) is 2.37. The Morgan fingerprint density at radius 2 is 2.17 bits per heavy atom. The smallest absolute Gasteiger partial charge is 0.137 e. The van der Waals surface area contributed by atoms with E-state index in [4.69, 9.17) is 9.47 Å². The van der Waals surface area contributed by atoms with Gasteiger partial charge in [0.15, 0.2) is 0 Å². The molecule has 0 bridgehead atoms. The molecule has 0 atom stereocenters. The van der Waals surface area contributed by atoms with E-state index in [1.807, 2.05) is 18.2 Å². The Bertz CT molecular complexity index is 350. The van der Waals surface area contributed by atoms with E-state index >= 15 is 0 Å². The van der Waals surface area contributed by atoms with Gasteiger partial charge in [-0.3, -0.25) is 4.39 Å². The van der Waals surface area contributed by atoms with Crippen LogP contribution < -0.4 is 10.1 Å². The van der Waals surface area contributed by atoms with Crippen molar-refractivity contribution in [2.75, 3.05) is 33.5 Å². The normalized spacial score (nSPS) is 10.6. The van der Waals surface area contributed by atoms with Crippen LogP contribution in [0.2, 0.25) is 0 Å². The number of nitrogens with one attached hydrogen (secondary N) is 1. The van der Waals surface area contributed by atoms with Crippen LogP contribution in [-0.4, -0.2) is 33.5 Å². The second kappa shape index (κ2) is 9.30. The molecule has 1 aromatic rings. The van der Waals surface area contributed by atoms with E-state index in [0.29, 0.717) is 26.2 Å². The Hall–Kier alpha value is -0.650. The van der Waals surface area contributed by atoms with Crippen molar-refractivity contribution in [3.8, 4) is 5.75 Å². The molecular formula is C13H19BrFNO2. The molecule has 0 spiro atoms. The van der Waals surface area contributed by atoms with Crippen LogP contribution in [0.1, 0.15) is 12.0 Å². The van der Waals surface area contributed by atoms with E-state index in [2.05, 4.69) is 21.2 Å². The molecule has 18 heavy (non-hydrogen) atoms. The average Bonchev–Trinajstić information content (AvgIpc) is 2.37. The maximum atomic E-state index is 12.1. The van der Waals surface area contributed by atoms with Gasteiger partial charge in [0.25, 0.3) is 0 Å². The van der Waals surface area contributed by atoms with Crippen LogP contribution in [0.3, 0.4) is 0 Å². The molecule has 5 heteroatoms. The number of rotatable bonds is 9. The molecule has 0 amide bonds. The fraction of sp³-hybridized carbons (Fsp3) is 0.538. The fourth-order valence-corrected chi connectivity index (χ4v) is 2.00. The minimum Gasteiger partial charge on any atom is -0.492 e. The lowest BCUT2D eigenvalue weighted by Gasteiger charge is -2.13. The summed E-state index contributed by atoms with van der Waals surface area (Å²) in [4.78, 5) is 0. The summed E-state index contributed by atoms with van der Waals surface area (Å²) in [5.41, 5.74) is 1.05. The lowest BCUT2D eigenvalue weighted by Crippen LogP contribution is -2.19. The molecule has 0 aliphatic carbocycles. The first-order valence-electron chi connectivity index (χ1n) is 5.95. The summed E-state index contributed by atoms with van der Waals surface area (Å²) in [6, 6.07) is 5.87. The molecule has 0 unspecified atom stereocenters. The van der Waals surface area contributed by atoms with Crippen LogP contribution in [-0.2, 0) is 11.3 Å². The van der Waals surface area contributed by atoms with Crippen LogP contribution in [0.15, 0.2) is 22.7 Å². The molecule has 3 nitrogen and oxygen atoms in total. The Morgan fingerprint density at radius 1 is 1.33 bits per heavy atom. The highest BCUT2D eigenvalue weighted by Crippen LogP contribution is 2.29. The summed E-state index contributed by atoms with van der Waals surface area (Å²) in [7, 11) is 1.67. The van der Waals surface area contributed by atoms with Crippen LogP contribution in [0, 0.1) is 0 Å². The molecule has 1 N–H and O–H groups in total. The second-order valence-corrected chi connectivity index (χ2v) is 4.64. The van der Waals surface area contributed by atoms with Crippen molar-refractivity contribution in [2.45, 2.75) is 13.0 Å². The molecule has 1 rings (SSSR count). The maximum Gasteiger partial charge on any atom is 0.137 e. The van der Waals surface area contributed by atoms with Crippen molar-refractivity contribution in [2.24, 2.45) is 0 Å². The lowest BCUT2D eigenvalue weighted by molar-refractivity contribution is 0.199. The van der Waals surface area contributed by atoms with Crippen molar-refractivity contribution in [3.63, 3.8) is 0 Å². The van der Waals surface area contributed by atoms with Gasteiger partial charge in [0.1, 0.15) is 5.75 Å². The van der Waals surface area contributed by atoms with E-state index < -0.39 is 0 Å². The largest absolute Gasteiger partial charge is 0.492 e. The molecule has 0 aromatic heterocycles. The van der Waals surface area contributed by atoms with Crippen molar-refractivity contribution in [1.82, 2.24) is 5.32 Å². The van der Waals surface area contributed by atoms with Crippen molar-refractivity contribution in [1.29, 1.82) is 0 Å². The average molecular weight is 320 g/mol. The van der Waals surface area contributed by atoms with Gasteiger partial charge in [-0.1, -0.05) is 12.1 Å². The van der Waals surface area contributed by atoms with Crippen LogP contribution in [0.25, 0.3) is 0 Å². The number of alkyl halides is 1. The van der Waals surface area contributed by atoms with Gasteiger partial charge >= 0.3 is 0 Å². The van der Waals surface area contributed by atoms with Gasteiger partial charge < -0.3 is 14.8 Å². The number of hydrogen-bond acceptors (Lipinski definition) is 3. The molecule has 0 saturated heterocycles. The molecule has 0 radical (unpaired) electrons. The van der Waals surface area contributed by atoms with Crippen molar-refractivity contribution in [3.05, 3.63) is 28.2 Å². The van der Waals surface area contributed by atoms with Crippen LogP contribution >= 0.6 is 15.9 Å². The summed E-state index contributed by atoms with van der Waals surface area (Å²) < 4.78 is 23.5. The number of para-hydroxylation sites is 1. The first-order valence-corrected chi connectivity index (χ1v) is 6.74. The van der Waals surface area contributed by atoms with Gasteiger partial charge in [-0.15, -0.1) is 0 Å². The van der Waals surface area contributed by atoms with Gasteiger partial charge in [-0.05, 0) is 22.0 Å². The van der Waals surface area contributed by atoms with E-state index in [9.17, 15) is 4.39 Å². The number of halogens is 2. The summed E-state index contributed by atoms with van der Waals surface area (Å²) in [6.45, 7) is 2.20. The second-order valence-electron chi connectivity index (χ2n) is 3.79. The molecule has 0 saturated carbocycles. The fourth-order valence-electron chi connectivity index (χ4n) is 1.48. The Labute approximate surface area is 116 Å². The zero-order valence-corrected chi connectivity index (χ0v) is 12.1. The number of hydrogen-bond donors (Lipinski definition) is 1. The quantitative estimate of drug-likeness (QED) is 0.710. The highest BCUT2D eigenvalue weighted by Gasteiger charge is 2.07. The first-order chi connectivity index (χ1) is 8.79. The summed E-state index contributed by atoms with van der Waals surface area (Å²) in [5, 5.41) is 3.26. The molecule has 0 aliphatic heterocycles. The molecule has 102 valence electrons. The summed E-state index contributed by atoms with van der Waals surface area (Å²) >= 11 is 3.45. The Kier molecular flexibility index (Phi) is 7.96. The maximum absolute atomic E-state index is 12.1. The van der Waals surface area contributed by atoms with Crippen LogP contribution in [0.5, 0.6) is 5.75 Å². The third kappa shape index (κ3) is 5.33. The molecule has 1 aromatic carbocycles. The summed E-state index contributed by atoms with van der Waals surface area (Å²) in [5.74, 6) is 0.788. The Morgan fingerprint density at radius 3 is 2.89 bits per heavy atom. The van der Waals surface area contributed by atoms with Crippen LogP contribution in [0.4, 0.5) is 4.39 Å². The molecule has 0 aliphatic rings. The monoisotopic (exact) mass is 319 g/mol. The highest BCUT2D eigenvalue weighted by atomic mass is 79.9. The zero-order valence-electron chi connectivity index (χ0n) is 10.5. The topological polar surface area (TPSA) is 30.5 Å². The predicted octanol–water partition coefficient (Wildman–Crippen LogP) is 2.92. The lowest BCUT2D eigenvalue weighted by atomic mass is 10.2. The van der Waals surface area contributed by atoms with Crippen molar-refractivity contribution < 1.29 is 13.9 Å². The summed E-state index contributed by atoms with van der Waals surface area (Å²) in [6.07, 6.45) is 0.415. The van der Waals surface area contributed by atoms with Gasteiger partial charge in [-0.2, -0.15) is 0 Å². The van der Waals surface area contributed by atoms with E-state index in [1.165, 1.54) is 0 Å². The van der Waals surface area contributed by atoms with Gasteiger partial charge in [0.05, 0.1) is 24.4 Å². The highest BCUT2D eigenvalue weighted by molar-refractivity contribution is 9.10. The Balaban J connectivity index is 2.56. The standard InChI is InChI=1S/C13H19BrFNO2/c1-17-9-7-16-10-11-4-2-5-12(14)13(11)18-8-3-6-15/h2,4-5,16H,3,6-10H2,1H3. The number of ether oxygens (including phenoxy) is 2. The number of benzene rings is 1. The van der Waals surface area contributed by atoms with Gasteiger partial charge in [0.2, 0.25) is 0 Å². The first kappa shape index (κ1) is 15.4. The number of methoxy groups -OCH3 is 1. The van der Waals surface area contributed by atoms with E-state index in [-0.39, 0.29) is 6.67 Å². The minimum absolute atomic E-state index is 0.355. The minimum atomic E-state index is -0.355. The molecular weight excluding hydrogens is 301 g/mol. The zero-order chi connectivity index (χ0) is 13.2. The van der Waals surface area contributed by atoms with Gasteiger partial charge in [-0.25, -0.2) is 0 Å². The third-order valence-corrected chi connectivity index (χ3v) is 3.00. The van der Waals surface area contributed by atoms with Gasteiger partial charge in [0, 0.05) is 32.2 Å². The van der Waals surface area contributed by atoms with E-state index in [1.54, 1.807) is 7.11 Å². The van der Waals surface area contributed by atoms with E-state index in [0.717, 1.165) is 22.3 Å².